The normalized spacial score (nSPS) is 12.0. The maximum Gasteiger partial charge on any atom is 0.231 e. The fourth-order valence-electron chi connectivity index (χ4n) is 6.78. The van der Waals surface area contributed by atoms with E-state index in [1.165, 1.54) is 42.0 Å². The van der Waals surface area contributed by atoms with Crippen molar-refractivity contribution in [2.24, 2.45) is 0 Å². The van der Waals surface area contributed by atoms with Crippen molar-refractivity contribution in [3.05, 3.63) is 140 Å². The Labute approximate surface area is 261 Å². The van der Waals surface area contributed by atoms with Gasteiger partial charge in [0.25, 0.3) is 0 Å². The molecular formula is C40H23N3OS. The Morgan fingerprint density at radius 2 is 1.24 bits per heavy atom. The summed E-state index contributed by atoms with van der Waals surface area (Å²) in [5, 5.41) is 7.08. The van der Waals surface area contributed by atoms with E-state index >= 15 is 0 Å². The first-order valence-corrected chi connectivity index (χ1v) is 15.8. The number of aromatic nitrogens is 3. The molecule has 0 amide bonds. The van der Waals surface area contributed by atoms with Crippen LogP contribution in [0.1, 0.15) is 0 Å². The highest BCUT2D eigenvalue weighted by Gasteiger charge is 2.19. The Morgan fingerprint density at radius 1 is 0.511 bits per heavy atom. The lowest BCUT2D eigenvalue weighted by molar-refractivity contribution is 0.653. The van der Waals surface area contributed by atoms with Gasteiger partial charge in [0.15, 0.2) is 5.82 Å². The summed E-state index contributed by atoms with van der Waals surface area (Å²) in [7, 11) is 0. The van der Waals surface area contributed by atoms with E-state index in [4.69, 9.17) is 14.4 Å². The molecule has 0 saturated carbocycles. The molecule has 0 aliphatic heterocycles. The van der Waals surface area contributed by atoms with Crippen LogP contribution in [0.25, 0.3) is 92.4 Å². The second-order valence-electron chi connectivity index (χ2n) is 11.4. The number of benzene rings is 6. The standard InChI is InChI=1S/C40H23N3OS/c1-2-10-24(11-3-1)38-37-29-14-5-8-16-34(29)44-40(37)42-39(41-38)25-18-20-26(21-19-25)43-32-15-7-4-12-27(32)30-23-36-31(22-33(30)43)28-13-6-9-17-35(28)45-36/h1-23H. The van der Waals surface area contributed by atoms with Crippen LogP contribution in [0.15, 0.2) is 144 Å². The number of rotatable bonds is 3. The first-order valence-electron chi connectivity index (χ1n) is 15.0. The predicted molar refractivity (Wildman–Crippen MR) is 187 cm³/mol. The summed E-state index contributed by atoms with van der Waals surface area (Å²) in [5.41, 5.74) is 7.73. The minimum Gasteiger partial charge on any atom is -0.438 e. The van der Waals surface area contributed by atoms with Crippen molar-refractivity contribution in [2.75, 3.05) is 0 Å². The summed E-state index contributed by atoms with van der Waals surface area (Å²) in [6.45, 7) is 0. The molecule has 10 aromatic rings. The minimum atomic E-state index is 0.596. The molecule has 6 aromatic carbocycles. The maximum atomic E-state index is 6.26. The van der Waals surface area contributed by atoms with Gasteiger partial charge >= 0.3 is 0 Å². The fourth-order valence-corrected chi connectivity index (χ4v) is 7.91. The number of furan rings is 1. The lowest BCUT2D eigenvalue weighted by Crippen LogP contribution is -1.96. The van der Waals surface area contributed by atoms with Crippen LogP contribution in [-0.4, -0.2) is 14.5 Å². The van der Waals surface area contributed by atoms with Crippen molar-refractivity contribution in [3.8, 4) is 28.3 Å². The zero-order valence-corrected chi connectivity index (χ0v) is 24.8. The van der Waals surface area contributed by atoms with Crippen LogP contribution < -0.4 is 0 Å². The van der Waals surface area contributed by atoms with E-state index in [1.54, 1.807) is 0 Å². The third kappa shape index (κ3) is 3.65. The second-order valence-corrected chi connectivity index (χ2v) is 12.5. The second kappa shape index (κ2) is 9.36. The molecule has 0 N–H and O–H groups in total. The van der Waals surface area contributed by atoms with Crippen molar-refractivity contribution in [1.82, 2.24) is 14.5 Å². The van der Waals surface area contributed by atoms with Crippen LogP contribution in [0.4, 0.5) is 0 Å². The summed E-state index contributed by atoms with van der Waals surface area (Å²) in [6.07, 6.45) is 0. The van der Waals surface area contributed by atoms with Gasteiger partial charge in [-0.05, 0) is 54.6 Å². The third-order valence-corrected chi connectivity index (χ3v) is 9.97. The smallest absolute Gasteiger partial charge is 0.231 e. The van der Waals surface area contributed by atoms with Gasteiger partial charge in [-0.15, -0.1) is 11.3 Å². The average Bonchev–Trinajstić information content (AvgIpc) is 3.76. The topological polar surface area (TPSA) is 43.9 Å². The summed E-state index contributed by atoms with van der Waals surface area (Å²) in [4.78, 5) is 10.1. The highest BCUT2D eigenvalue weighted by Crippen LogP contribution is 2.41. The first kappa shape index (κ1) is 24.6. The SMILES string of the molecule is c1ccc(-c2nc(-c3ccc(-n4c5ccccc5c5cc6sc7ccccc7c6cc54)cc3)nc3oc4ccccc4c23)cc1. The Hall–Kier alpha value is -5.78. The molecule has 0 aliphatic carbocycles. The van der Waals surface area contributed by atoms with Crippen LogP contribution in [0, 0.1) is 0 Å². The minimum absolute atomic E-state index is 0.596. The predicted octanol–water partition coefficient (Wildman–Crippen LogP) is 11.2. The molecule has 0 unspecified atom stereocenters. The summed E-state index contributed by atoms with van der Waals surface area (Å²) in [5.74, 6) is 0.639. The van der Waals surface area contributed by atoms with Gasteiger partial charge in [0.1, 0.15) is 5.58 Å². The van der Waals surface area contributed by atoms with Crippen LogP contribution in [-0.2, 0) is 0 Å². The van der Waals surface area contributed by atoms with E-state index in [-0.39, 0.29) is 0 Å². The molecule has 0 spiro atoms. The van der Waals surface area contributed by atoms with Crippen molar-refractivity contribution in [2.45, 2.75) is 0 Å². The average molecular weight is 594 g/mol. The Kier molecular flexibility index (Phi) is 5.12. The van der Waals surface area contributed by atoms with Gasteiger partial charge in [-0.25, -0.2) is 4.98 Å². The monoisotopic (exact) mass is 593 g/mol. The summed E-state index contributed by atoms with van der Waals surface area (Å²) >= 11 is 1.86. The molecule has 0 atom stereocenters. The zero-order chi connectivity index (χ0) is 29.5. The molecule has 210 valence electrons. The molecule has 0 fully saturated rings. The van der Waals surface area contributed by atoms with Crippen LogP contribution in [0.3, 0.4) is 0 Å². The maximum absolute atomic E-state index is 6.26. The van der Waals surface area contributed by atoms with Gasteiger partial charge in [-0.3, -0.25) is 0 Å². The molecule has 0 aliphatic rings. The van der Waals surface area contributed by atoms with E-state index in [0.717, 1.165) is 38.9 Å². The molecule has 0 bridgehead atoms. The lowest BCUT2D eigenvalue weighted by Gasteiger charge is -2.10. The van der Waals surface area contributed by atoms with E-state index in [2.05, 4.69) is 108 Å². The molecule has 4 nitrogen and oxygen atoms in total. The Bertz CT molecular complexity index is 2750. The molecule has 4 heterocycles. The van der Waals surface area contributed by atoms with Crippen molar-refractivity contribution < 1.29 is 4.42 Å². The van der Waals surface area contributed by atoms with E-state index in [9.17, 15) is 0 Å². The first-order chi connectivity index (χ1) is 22.3. The van der Waals surface area contributed by atoms with Crippen molar-refractivity contribution >= 4 is 75.4 Å². The van der Waals surface area contributed by atoms with Gasteiger partial charge in [0.2, 0.25) is 5.71 Å². The zero-order valence-electron chi connectivity index (χ0n) is 23.9. The number of para-hydroxylation sites is 2. The summed E-state index contributed by atoms with van der Waals surface area (Å²) in [6, 6.07) is 49.0. The number of thiophene rings is 1. The summed E-state index contributed by atoms with van der Waals surface area (Å²) < 4.78 is 11.3. The number of fused-ring (bicyclic) bond motifs is 9. The van der Waals surface area contributed by atoms with Crippen LogP contribution in [0.5, 0.6) is 0 Å². The number of hydrogen-bond acceptors (Lipinski definition) is 4. The van der Waals surface area contributed by atoms with E-state index in [0.29, 0.717) is 11.5 Å². The van der Waals surface area contributed by atoms with Gasteiger partial charge in [0.05, 0.1) is 22.1 Å². The van der Waals surface area contributed by atoms with Gasteiger partial charge in [-0.1, -0.05) is 84.9 Å². The molecule has 0 saturated heterocycles. The highest BCUT2D eigenvalue weighted by atomic mass is 32.1. The van der Waals surface area contributed by atoms with Gasteiger partial charge < -0.3 is 8.98 Å². The molecule has 0 radical (unpaired) electrons. The number of nitrogens with zero attached hydrogens (tertiary/aromatic N) is 3. The van der Waals surface area contributed by atoms with E-state index < -0.39 is 0 Å². The van der Waals surface area contributed by atoms with Crippen LogP contribution in [0.2, 0.25) is 0 Å². The Balaban J connectivity index is 1.17. The molecule has 4 aromatic heterocycles. The molecular weight excluding hydrogens is 571 g/mol. The van der Waals surface area contributed by atoms with Gasteiger partial charge in [-0.2, -0.15) is 4.98 Å². The fraction of sp³-hybridized carbons (Fsp3) is 0. The lowest BCUT2D eigenvalue weighted by atomic mass is 10.1. The number of hydrogen-bond donors (Lipinski definition) is 0. The van der Waals surface area contributed by atoms with Crippen molar-refractivity contribution in [1.29, 1.82) is 0 Å². The Morgan fingerprint density at radius 3 is 2.11 bits per heavy atom. The molecule has 5 heteroatoms. The van der Waals surface area contributed by atoms with E-state index in [1.807, 2.05) is 47.7 Å². The molecule has 45 heavy (non-hydrogen) atoms. The highest BCUT2D eigenvalue weighted by molar-refractivity contribution is 7.25. The van der Waals surface area contributed by atoms with Gasteiger partial charge in [0, 0.05) is 53.1 Å². The quantitative estimate of drug-likeness (QED) is 0.205. The van der Waals surface area contributed by atoms with Crippen molar-refractivity contribution in [3.63, 3.8) is 0 Å². The third-order valence-electron chi connectivity index (χ3n) is 8.84. The molecule has 10 rings (SSSR count). The largest absolute Gasteiger partial charge is 0.438 e. The van der Waals surface area contributed by atoms with Crippen LogP contribution >= 0.6 is 11.3 Å².